The van der Waals surface area contributed by atoms with Crippen LogP contribution in [0.1, 0.15) is 37.9 Å². The molecule has 2 atom stereocenters. The van der Waals surface area contributed by atoms with Crippen LogP contribution in [0.3, 0.4) is 0 Å². The molecule has 0 N–H and O–H groups in total. The first-order valence-corrected chi connectivity index (χ1v) is 8.75. The average molecular weight is 297 g/mol. The topological polar surface area (TPSA) is 51.4 Å². The van der Waals surface area contributed by atoms with Crippen LogP contribution in [-0.4, -0.2) is 51.8 Å². The van der Waals surface area contributed by atoms with Crippen molar-refractivity contribution in [3.63, 3.8) is 0 Å². The zero-order valence-electron chi connectivity index (χ0n) is 12.1. The zero-order valence-corrected chi connectivity index (χ0v) is 12.9. The predicted molar refractivity (Wildman–Crippen MR) is 78.8 cm³/mol. The maximum Gasteiger partial charge on any atom is 0.226 e. The first-order chi connectivity index (χ1) is 9.85. The fraction of sp³-hybridized carbons (Fsp3) is 0.857. The molecule has 3 heterocycles. The normalized spacial score (nSPS) is 26.7. The SMILES string of the molecule is CCc1nc(CN(CC2CCCO2)C2CCSC2)no1. The van der Waals surface area contributed by atoms with Crippen molar-refractivity contribution in [2.24, 2.45) is 0 Å². The molecular weight excluding hydrogens is 274 g/mol. The Balaban J connectivity index is 1.63. The molecule has 0 aromatic carbocycles. The third-order valence-corrected chi connectivity index (χ3v) is 5.19. The van der Waals surface area contributed by atoms with Crippen molar-refractivity contribution in [3.8, 4) is 0 Å². The third kappa shape index (κ3) is 3.54. The fourth-order valence-electron chi connectivity index (χ4n) is 2.88. The van der Waals surface area contributed by atoms with Crippen LogP contribution in [0.5, 0.6) is 0 Å². The lowest BCUT2D eigenvalue weighted by atomic mass is 10.1. The summed E-state index contributed by atoms with van der Waals surface area (Å²) in [4.78, 5) is 6.95. The van der Waals surface area contributed by atoms with E-state index in [0.29, 0.717) is 12.1 Å². The molecule has 0 saturated carbocycles. The van der Waals surface area contributed by atoms with E-state index in [1.54, 1.807) is 0 Å². The molecule has 2 fully saturated rings. The molecular formula is C14H23N3O2S. The van der Waals surface area contributed by atoms with Crippen LogP contribution < -0.4 is 0 Å². The maximum atomic E-state index is 5.79. The number of nitrogens with zero attached hydrogens (tertiary/aromatic N) is 3. The van der Waals surface area contributed by atoms with Crippen LogP contribution >= 0.6 is 11.8 Å². The van der Waals surface area contributed by atoms with E-state index in [9.17, 15) is 0 Å². The zero-order chi connectivity index (χ0) is 13.8. The van der Waals surface area contributed by atoms with Gasteiger partial charge in [-0.05, 0) is 25.0 Å². The Labute approximate surface area is 124 Å². The monoisotopic (exact) mass is 297 g/mol. The summed E-state index contributed by atoms with van der Waals surface area (Å²) in [5, 5.41) is 4.10. The molecule has 0 amide bonds. The van der Waals surface area contributed by atoms with E-state index in [0.717, 1.165) is 37.8 Å². The molecule has 2 aliphatic heterocycles. The molecule has 112 valence electrons. The summed E-state index contributed by atoms with van der Waals surface area (Å²) in [6, 6.07) is 0.632. The molecule has 1 aromatic heterocycles. The summed E-state index contributed by atoms with van der Waals surface area (Å²) < 4.78 is 11.0. The quantitative estimate of drug-likeness (QED) is 0.801. The van der Waals surface area contributed by atoms with Gasteiger partial charge in [0.15, 0.2) is 5.82 Å². The Hall–Kier alpha value is -0.590. The Morgan fingerprint density at radius 2 is 2.35 bits per heavy atom. The van der Waals surface area contributed by atoms with Crippen molar-refractivity contribution in [1.29, 1.82) is 0 Å². The second kappa shape index (κ2) is 6.91. The highest BCUT2D eigenvalue weighted by atomic mass is 32.2. The van der Waals surface area contributed by atoms with Gasteiger partial charge < -0.3 is 9.26 Å². The smallest absolute Gasteiger partial charge is 0.226 e. The summed E-state index contributed by atoms with van der Waals surface area (Å²) in [6.45, 7) is 4.74. The Morgan fingerprint density at radius 1 is 1.40 bits per heavy atom. The highest BCUT2D eigenvalue weighted by molar-refractivity contribution is 7.99. The van der Waals surface area contributed by atoms with Crippen LogP contribution in [0.4, 0.5) is 0 Å². The number of hydrogen-bond donors (Lipinski definition) is 0. The third-order valence-electron chi connectivity index (χ3n) is 4.04. The lowest BCUT2D eigenvalue weighted by molar-refractivity contribution is 0.0561. The second-order valence-electron chi connectivity index (χ2n) is 5.54. The summed E-state index contributed by atoms with van der Waals surface area (Å²) in [7, 11) is 0. The van der Waals surface area contributed by atoms with Crippen molar-refractivity contribution < 1.29 is 9.26 Å². The molecule has 0 radical (unpaired) electrons. The Kier molecular flexibility index (Phi) is 4.96. The molecule has 3 rings (SSSR count). The van der Waals surface area contributed by atoms with E-state index in [2.05, 4.69) is 15.0 Å². The number of aromatic nitrogens is 2. The van der Waals surface area contributed by atoms with Crippen molar-refractivity contribution in [3.05, 3.63) is 11.7 Å². The van der Waals surface area contributed by atoms with E-state index in [-0.39, 0.29) is 0 Å². The van der Waals surface area contributed by atoms with E-state index in [1.165, 1.54) is 30.8 Å². The minimum absolute atomic E-state index is 0.387. The number of thioether (sulfide) groups is 1. The van der Waals surface area contributed by atoms with Crippen LogP contribution in [-0.2, 0) is 17.7 Å². The largest absolute Gasteiger partial charge is 0.377 e. The maximum absolute atomic E-state index is 5.79. The molecule has 2 aliphatic rings. The highest BCUT2D eigenvalue weighted by Crippen LogP contribution is 2.25. The second-order valence-corrected chi connectivity index (χ2v) is 6.69. The van der Waals surface area contributed by atoms with Gasteiger partial charge in [-0.15, -0.1) is 0 Å². The van der Waals surface area contributed by atoms with Crippen molar-refractivity contribution >= 4 is 11.8 Å². The predicted octanol–water partition coefficient (Wildman–Crippen LogP) is 2.12. The van der Waals surface area contributed by atoms with Gasteiger partial charge >= 0.3 is 0 Å². The van der Waals surface area contributed by atoms with E-state index < -0.39 is 0 Å². The number of ether oxygens (including phenoxy) is 1. The van der Waals surface area contributed by atoms with Crippen LogP contribution in [0.15, 0.2) is 4.52 Å². The molecule has 5 nitrogen and oxygen atoms in total. The lowest BCUT2D eigenvalue weighted by Crippen LogP contribution is -2.40. The molecule has 0 bridgehead atoms. The van der Waals surface area contributed by atoms with Gasteiger partial charge in [0.05, 0.1) is 12.6 Å². The molecule has 0 aliphatic carbocycles. The molecule has 6 heteroatoms. The van der Waals surface area contributed by atoms with Gasteiger partial charge in [0, 0.05) is 31.4 Å². The minimum atomic E-state index is 0.387. The van der Waals surface area contributed by atoms with E-state index in [1.807, 2.05) is 18.7 Å². The highest BCUT2D eigenvalue weighted by Gasteiger charge is 2.28. The first-order valence-electron chi connectivity index (χ1n) is 7.60. The average Bonchev–Trinajstić information content (AvgIpc) is 3.21. The minimum Gasteiger partial charge on any atom is -0.377 e. The van der Waals surface area contributed by atoms with E-state index >= 15 is 0 Å². The Morgan fingerprint density at radius 3 is 3.00 bits per heavy atom. The van der Waals surface area contributed by atoms with E-state index in [4.69, 9.17) is 9.26 Å². The van der Waals surface area contributed by atoms with Gasteiger partial charge in [-0.3, -0.25) is 4.90 Å². The fourth-order valence-corrected chi connectivity index (χ4v) is 4.14. The Bertz CT molecular complexity index is 414. The number of hydrogen-bond acceptors (Lipinski definition) is 6. The van der Waals surface area contributed by atoms with Gasteiger partial charge in [-0.2, -0.15) is 16.7 Å². The number of rotatable bonds is 6. The van der Waals surface area contributed by atoms with Gasteiger partial charge in [0.1, 0.15) is 0 Å². The molecule has 2 saturated heterocycles. The molecule has 1 aromatic rings. The molecule has 20 heavy (non-hydrogen) atoms. The van der Waals surface area contributed by atoms with Crippen LogP contribution in [0.25, 0.3) is 0 Å². The van der Waals surface area contributed by atoms with Crippen LogP contribution in [0.2, 0.25) is 0 Å². The summed E-state index contributed by atoms with van der Waals surface area (Å²) >= 11 is 2.04. The summed E-state index contributed by atoms with van der Waals surface area (Å²) in [6.07, 6.45) is 4.83. The standard InChI is InChI=1S/C14H23N3O2S/c1-2-14-15-13(16-19-14)9-17(11-5-7-20-10-11)8-12-4-3-6-18-12/h11-12H,2-10H2,1H3. The van der Waals surface area contributed by atoms with Crippen LogP contribution in [0, 0.1) is 0 Å². The molecule has 2 unspecified atom stereocenters. The first kappa shape index (κ1) is 14.4. The summed E-state index contributed by atoms with van der Waals surface area (Å²) in [5.74, 6) is 4.03. The van der Waals surface area contributed by atoms with Crippen molar-refractivity contribution in [1.82, 2.24) is 15.0 Å². The number of aryl methyl sites for hydroxylation is 1. The summed E-state index contributed by atoms with van der Waals surface area (Å²) in [5.41, 5.74) is 0. The molecule has 0 spiro atoms. The van der Waals surface area contributed by atoms with Crippen molar-refractivity contribution in [2.45, 2.75) is 51.3 Å². The lowest BCUT2D eigenvalue weighted by Gasteiger charge is -2.29. The van der Waals surface area contributed by atoms with Gasteiger partial charge in [0.2, 0.25) is 5.89 Å². The van der Waals surface area contributed by atoms with Crippen molar-refractivity contribution in [2.75, 3.05) is 24.7 Å². The van der Waals surface area contributed by atoms with Gasteiger partial charge in [-0.1, -0.05) is 12.1 Å². The van der Waals surface area contributed by atoms with Gasteiger partial charge in [-0.25, -0.2) is 0 Å². The van der Waals surface area contributed by atoms with Gasteiger partial charge in [0.25, 0.3) is 0 Å².